The van der Waals surface area contributed by atoms with Crippen LogP contribution in [0.4, 0.5) is 5.13 Å². The fourth-order valence-electron chi connectivity index (χ4n) is 4.02. The standard InChI is InChI=1S/C24H29N3O4S2.ClH/c1-17-7-8-19(18(2)15-17)16-22(28)27(10-9-26-11-13-31-14-12-26)24-25-23-20(32-24)5-4-6-21(23)33(3,29)30;/h4-8,15H,9-14,16H2,1-3H3;1H. The molecular formula is C24H30ClN3O4S2. The molecule has 0 aliphatic carbocycles. The minimum Gasteiger partial charge on any atom is -0.379 e. The average Bonchev–Trinajstić information content (AvgIpc) is 3.19. The number of sulfone groups is 1. The van der Waals surface area contributed by atoms with Gasteiger partial charge in [-0.3, -0.25) is 14.6 Å². The van der Waals surface area contributed by atoms with E-state index in [1.807, 2.05) is 32.0 Å². The molecule has 3 aromatic rings. The van der Waals surface area contributed by atoms with Crippen molar-refractivity contribution < 1.29 is 17.9 Å². The number of hydrogen-bond acceptors (Lipinski definition) is 7. The first-order valence-electron chi connectivity index (χ1n) is 11.0. The summed E-state index contributed by atoms with van der Waals surface area (Å²) in [5.41, 5.74) is 3.66. The maximum atomic E-state index is 13.5. The van der Waals surface area contributed by atoms with Crippen molar-refractivity contribution in [2.45, 2.75) is 25.2 Å². The van der Waals surface area contributed by atoms with E-state index < -0.39 is 9.84 Å². The predicted octanol–water partition coefficient (Wildman–Crippen LogP) is 3.65. The van der Waals surface area contributed by atoms with E-state index in [1.54, 1.807) is 17.0 Å². The Bertz CT molecular complexity index is 1270. The molecule has 0 saturated carbocycles. The van der Waals surface area contributed by atoms with Crippen molar-refractivity contribution in [2.75, 3.05) is 50.5 Å². The summed E-state index contributed by atoms with van der Waals surface area (Å²) in [6.45, 7) is 8.28. The van der Waals surface area contributed by atoms with Crippen molar-refractivity contribution in [3.8, 4) is 0 Å². The number of anilines is 1. The number of carbonyl (C=O) groups is 1. The molecule has 1 aromatic heterocycles. The molecule has 0 bridgehead atoms. The quantitative estimate of drug-likeness (QED) is 0.470. The van der Waals surface area contributed by atoms with Crippen molar-refractivity contribution in [1.82, 2.24) is 9.88 Å². The summed E-state index contributed by atoms with van der Waals surface area (Å²) in [4.78, 5) is 22.3. The molecule has 0 unspecified atom stereocenters. The zero-order valence-electron chi connectivity index (χ0n) is 19.6. The molecule has 10 heteroatoms. The van der Waals surface area contributed by atoms with Crippen LogP contribution in [0.25, 0.3) is 10.2 Å². The largest absolute Gasteiger partial charge is 0.379 e. The average molecular weight is 524 g/mol. The Morgan fingerprint density at radius 3 is 2.59 bits per heavy atom. The first-order valence-corrected chi connectivity index (χ1v) is 13.7. The summed E-state index contributed by atoms with van der Waals surface area (Å²) in [6.07, 6.45) is 1.45. The third kappa shape index (κ3) is 6.14. The Balaban J connectivity index is 0.00000324. The topological polar surface area (TPSA) is 79.8 Å². The number of thiazole rings is 1. The van der Waals surface area contributed by atoms with Crippen LogP contribution < -0.4 is 4.90 Å². The monoisotopic (exact) mass is 523 g/mol. The van der Waals surface area contributed by atoms with Gasteiger partial charge in [-0.2, -0.15) is 0 Å². The van der Waals surface area contributed by atoms with Crippen LogP contribution in [0.3, 0.4) is 0 Å². The van der Waals surface area contributed by atoms with E-state index in [9.17, 15) is 13.2 Å². The highest BCUT2D eigenvalue weighted by Gasteiger charge is 2.24. The molecule has 0 radical (unpaired) electrons. The Kier molecular flexibility index (Phi) is 8.70. The SMILES string of the molecule is Cc1ccc(CC(=O)N(CCN2CCOCC2)c2nc3c(S(C)(=O)=O)cccc3s2)c(C)c1.Cl. The minimum absolute atomic E-state index is 0. The summed E-state index contributed by atoms with van der Waals surface area (Å²) in [5.74, 6) is -0.0461. The van der Waals surface area contributed by atoms with E-state index in [4.69, 9.17) is 4.74 Å². The fourth-order valence-corrected chi connectivity index (χ4v) is 5.95. The zero-order chi connectivity index (χ0) is 23.6. The molecule has 0 N–H and O–H groups in total. The maximum Gasteiger partial charge on any atom is 0.233 e. The first kappa shape index (κ1) is 26.6. The summed E-state index contributed by atoms with van der Waals surface area (Å²) >= 11 is 1.35. The van der Waals surface area contributed by atoms with Crippen LogP contribution in [0.15, 0.2) is 41.3 Å². The molecule has 1 saturated heterocycles. The molecule has 0 atom stereocenters. The number of nitrogens with zero attached hydrogens (tertiary/aromatic N) is 3. The molecular weight excluding hydrogens is 494 g/mol. The second-order valence-corrected chi connectivity index (χ2v) is 11.5. The molecule has 1 fully saturated rings. The number of amides is 1. The molecule has 1 aliphatic rings. The second-order valence-electron chi connectivity index (χ2n) is 8.48. The van der Waals surface area contributed by atoms with Crippen molar-refractivity contribution in [3.05, 3.63) is 53.1 Å². The third-order valence-corrected chi connectivity index (χ3v) is 8.06. The van der Waals surface area contributed by atoms with Gasteiger partial charge in [-0.1, -0.05) is 41.2 Å². The fraction of sp³-hybridized carbons (Fsp3) is 0.417. The molecule has 2 aromatic carbocycles. The number of para-hydroxylation sites is 1. The van der Waals surface area contributed by atoms with Crippen molar-refractivity contribution >= 4 is 54.8 Å². The van der Waals surface area contributed by atoms with Crippen LogP contribution in [-0.4, -0.2) is 69.9 Å². The number of morpholine rings is 1. The Labute approximate surface area is 211 Å². The van der Waals surface area contributed by atoms with Crippen LogP contribution in [0, 0.1) is 13.8 Å². The summed E-state index contributed by atoms with van der Waals surface area (Å²) in [7, 11) is -3.43. The summed E-state index contributed by atoms with van der Waals surface area (Å²) in [5, 5.41) is 0.532. The molecule has 4 rings (SSSR count). The van der Waals surface area contributed by atoms with Gasteiger partial charge in [0.1, 0.15) is 5.52 Å². The molecule has 184 valence electrons. The maximum absolute atomic E-state index is 13.5. The summed E-state index contributed by atoms with van der Waals surface area (Å²) in [6, 6.07) is 11.2. The van der Waals surface area contributed by atoms with Crippen LogP contribution in [-0.2, 0) is 25.8 Å². The number of halogens is 1. The molecule has 1 aliphatic heterocycles. The smallest absolute Gasteiger partial charge is 0.233 e. The number of ether oxygens (including phenoxy) is 1. The number of benzene rings is 2. The Morgan fingerprint density at radius 2 is 1.91 bits per heavy atom. The Morgan fingerprint density at radius 1 is 1.18 bits per heavy atom. The highest BCUT2D eigenvalue weighted by atomic mass is 35.5. The second kappa shape index (κ2) is 11.1. The lowest BCUT2D eigenvalue weighted by Gasteiger charge is -2.29. The number of fused-ring (bicyclic) bond motifs is 1. The van der Waals surface area contributed by atoms with Crippen molar-refractivity contribution in [1.29, 1.82) is 0 Å². The van der Waals surface area contributed by atoms with Crippen LogP contribution in [0.2, 0.25) is 0 Å². The van der Waals surface area contributed by atoms with E-state index >= 15 is 0 Å². The van der Waals surface area contributed by atoms with Gasteiger partial charge < -0.3 is 4.74 Å². The van der Waals surface area contributed by atoms with Crippen LogP contribution in [0.1, 0.15) is 16.7 Å². The van der Waals surface area contributed by atoms with E-state index in [1.165, 1.54) is 17.6 Å². The minimum atomic E-state index is -3.43. The van der Waals surface area contributed by atoms with Gasteiger partial charge in [-0.05, 0) is 37.1 Å². The van der Waals surface area contributed by atoms with Crippen LogP contribution in [0.5, 0.6) is 0 Å². The van der Waals surface area contributed by atoms with E-state index in [0.717, 1.165) is 34.5 Å². The van der Waals surface area contributed by atoms with Crippen LogP contribution >= 0.6 is 23.7 Å². The molecule has 7 nitrogen and oxygen atoms in total. The predicted molar refractivity (Wildman–Crippen MR) is 139 cm³/mol. The molecule has 0 spiro atoms. The number of carbonyl (C=O) groups excluding carboxylic acids is 1. The van der Waals surface area contributed by atoms with Gasteiger partial charge in [0.05, 0.1) is 29.2 Å². The lowest BCUT2D eigenvalue weighted by atomic mass is 10.0. The van der Waals surface area contributed by atoms with E-state index in [-0.39, 0.29) is 29.6 Å². The van der Waals surface area contributed by atoms with Gasteiger partial charge in [0.25, 0.3) is 0 Å². The van der Waals surface area contributed by atoms with Gasteiger partial charge in [-0.25, -0.2) is 13.4 Å². The summed E-state index contributed by atoms with van der Waals surface area (Å²) < 4.78 is 30.7. The van der Waals surface area contributed by atoms with E-state index in [2.05, 4.69) is 16.0 Å². The highest BCUT2D eigenvalue weighted by molar-refractivity contribution is 7.91. The number of rotatable bonds is 7. The zero-order valence-corrected chi connectivity index (χ0v) is 22.1. The number of aromatic nitrogens is 1. The van der Waals surface area contributed by atoms with Gasteiger partial charge in [0.15, 0.2) is 15.0 Å². The molecule has 34 heavy (non-hydrogen) atoms. The number of hydrogen-bond donors (Lipinski definition) is 0. The molecule has 2 heterocycles. The molecule has 1 amide bonds. The van der Waals surface area contributed by atoms with Crippen molar-refractivity contribution in [3.63, 3.8) is 0 Å². The van der Waals surface area contributed by atoms with Gasteiger partial charge in [0, 0.05) is 32.4 Å². The van der Waals surface area contributed by atoms with E-state index in [0.29, 0.717) is 37.0 Å². The number of aryl methyl sites for hydroxylation is 2. The lowest BCUT2D eigenvalue weighted by Crippen LogP contribution is -2.43. The van der Waals surface area contributed by atoms with Gasteiger partial charge >= 0.3 is 0 Å². The Hall–Kier alpha value is -2.04. The highest BCUT2D eigenvalue weighted by Crippen LogP contribution is 2.33. The first-order chi connectivity index (χ1) is 15.7. The lowest BCUT2D eigenvalue weighted by molar-refractivity contribution is -0.118. The van der Waals surface area contributed by atoms with Gasteiger partial charge in [0.2, 0.25) is 5.91 Å². The van der Waals surface area contributed by atoms with Gasteiger partial charge in [-0.15, -0.1) is 12.4 Å². The normalized spacial score (nSPS) is 14.7. The third-order valence-electron chi connectivity index (χ3n) is 5.89. The van der Waals surface area contributed by atoms with Crippen molar-refractivity contribution in [2.24, 2.45) is 0 Å².